The lowest BCUT2D eigenvalue weighted by Gasteiger charge is -2.08. The van der Waals surface area contributed by atoms with Crippen LogP contribution >= 0.6 is 15.9 Å². The van der Waals surface area contributed by atoms with E-state index in [-0.39, 0.29) is 5.82 Å². The van der Waals surface area contributed by atoms with E-state index in [0.29, 0.717) is 17.6 Å². The molecule has 20 heavy (non-hydrogen) atoms. The van der Waals surface area contributed by atoms with Gasteiger partial charge in [0, 0.05) is 13.1 Å². The molecule has 4 heteroatoms. The van der Waals surface area contributed by atoms with E-state index < -0.39 is 0 Å². The fourth-order valence-electron chi connectivity index (χ4n) is 1.83. The molecule has 2 aromatic rings. The van der Waals surface area contributed by atoms with Crippen molar-refractivity contribution in [1.29, 1.82) is 0 Å². The summed E-state index contributed by atoms with van der Waals surface area (Å²) in [5, 5.41) is 3.26. The van der Waals surface area contributed by atoms with Crippen molar-refractivity contribution in [3.63, 3.8) is 0 Å². The minimum atomic E-state index is -0.239. The fourth-order valence-corrected chi connectivity index (χ4v) is 2.25. The van der Waals surface area contributed by atoms with Gasteiger partial charge in [-0.15, -0.1) is 0 Å². The van der Waals surface area contributed by atoms with Crippen LogP contribution < -0.4 is 10.1 Å². The highest BCUT2D eigenvalue weighted by Gasteiger charge is 2.00. The van der Waals surface area contributed by atoms with Gasteiger partial charge < -0.3 is 10.1 Å². The van der Waals surface area contributed by atoms with Crippen molar-refractivity contribution in [3.05, 3.63) is 63.9 Å². The number of rotatable bonds is 6. The van der Waals surface area contributed by atoms with Crippen LogP contribution in [0.5, 0.6) is 5.75 Å². The van der Waals surface area contributed by atoms with E-state index in [1.54, 1.807) is 12.1 Å². The predicted molar refractivity (Wildman–Crippen MR) is 82.5 cm³/mol. The first kappa shape index (κ1) is 15.0. The first-order valence-electron chi connectivity index (χ1n) is 6.49. The lowest BCUT2D eigenvalue weighted by molar-refractivity contribution is 0.313. The average molecular weight is 338 g/mol. The van der Waals surface area contributed by atoms with E-state index in [9.17, 15) is 4.39 Å². The zero-order valence-corrected chi connectivity index (χ0v) is 12.9. The minimum absolute atomic E-state index is 0.239. The molecule has 0 aliphatic heterocycles. The third-order valence-electron chi connectivity index (χ3n) is 2.85. The van der Waals surface area contributed by atoms with Crippen LogP contribution in [0.25, 0.3) is 0 Å². The number of nitrogens with one attached hydrogen (secondary N) is 1. The van der Waals surface area contributed by atoms with Gasteiger partial charge in [0.25, 0.3) is 0 Å². The molecule has 2 nitrogen and oxygen atoms in total. The number of hydrogen-bond acceptors (Lipinski definition) is 2. The summed E-state index contributed by atoms with van der Waals surface area (Å²) in [7, 11) is 0. The zero-order valence-electron chi connectivity index (χ0n) is 11.3. The summed E-state index contributed by atoms with van der Waals surface area (Å²) in [4.78, 5) is 0. The van der Waals surface area contributed by atoms with Gasteiger partial charge in [-0.2, -0.15) is 0 Å². The third-order valence-corrected chi connectivity index (χ3v) is 3.46. The summed E-state index contributed by atoms with van der Waals surface area (Å²) in [6, 6.07) is 13.0. The zero-order chi connectivity index (χ0) is 14.4. The second-order valence-corrected chi connectivity index (χ2v) is 5.44. The Morgan fingerprint density at radius 2 is 2.05 bits per heavy atom. The van der Waals surface area contributed by atoms with Crippen LogP contribution in [0.2, 0.25) is 0 Å². The first-order chi connectivity index (χ1) is 9.65. The van der Waals surface area contributed by atoms with Gasteiger partial charge in [-0.1, -0.05) is 18.2 Å². The van der Waals surface area contributed by atoms with Crippen LogP contribution in [0.4, 0.5) is 4.39 Å². The van der Waals surface area contributed by atoms with Gasteiger partial charge in [-0.25, -0.2) is 4.39 Å². The average Bonchev–Trinajstić information content (AvgIpc) is 2.42. The summed E-state index contributed by atoms with van der Waals surface area (Å²) in [6.45, 7) is 4.07. The van der Waals surface area contributed by atoms with Crippen LogP contribution in [0.15, 0.2) is 46.9 Å². The minimum Gasteiger partial charge on any atom is -0.492 e. The highest BCUT2D eigenvalue weighted by molar-refractivity contribution is 9.10. The maximum Gasteiger partial charge on any atom is 0.137 e. The maximum atomic E-state index is 13.1. The van der Waals surface area contributed by atoms with Crippen LogP contribution in [-0.2, 0) is 6.54 Å². The van der Waals surface area contributed by atoms with Gasteiger partial charge in [0.15, 0.2) is 0 Å². The van der Waals surface area contributed by atoms with Gasteiger partial charge in [-0.3, -0.25) is 0 Å². The summed E-state index contributed by atoms with van der Waals surface area (Å²) < 4.78 is 19.2. The normalized spacial score (nSPS) is 10.6. The van der Waals surface area contributed by atoms with Crippen molar-refractivity contribution < 1.29 is 9.13 Å². The molecule has 0 saturated heterocycles. The molecule has 0 unspecified atom stereocenters. The molecule has 0 fully saturated rings. The summed E-state index contributed by atoms with van der Waals surface area (Å²) in [6.07, 6.45) is 0. The lowest BCUT2D eigenvalue weighted by atomic mass is 10.2. The van der Waals surface area contributed by atoms with E-state index in [1.165, 1.54) is 11.6 Å². The Morgan fingerprint density at radius 3 is 2.80 bits per heavy atom. The second-order valence-electron chi connectivity index (χ2n) is 4.59. The second kappa shape index (κ2) is 7.41. The largest absolute Gasteiger partial charge is 0.492 e. The molecule has 0 saturated carbocycles. The molecular formula is C16H17BrFNO. The smallest absolute Gasteiger partial charge is 0.137 e. The molecule has 0 aliphatic rings. The standard InChI is InChI=1S/C16H17BrFNO/c1-12-3-2-4-14(9-12)20-8-7-19-11-13-5-6-16(18)15(17)10-13/h2-6,9-10,19H,7-8,11H2,1H3. The van der Waals surface area contributed by atoms with E-state index in [0.717, 1.165) is 17.9 Å². The molecule has 0 atom stereocenters. The number of aryl methyl sites for hydroxylation is 1. The molecule has 1 N–H and O–H groups in total. The van der Waals surface area contributed by atoms with E-state index >= 15 is 0 Å². The van der Waals surface area contributed by atoms with Gasteiger partial charge in [0.2, 0.25) is 0 Å². The summed E-state index contributed by atoms with van der Waals surface area (Å²) in [5.74, 6) is 0.646. The molecule has 0 aliphatic carbocycles. The Balaban J connectivity index is 1.70. The molecule has 0 bridgehead atoms. The van der Waals surface area contributed by atoms with Crippen molar-refractivity contribution in [2.75, 3.05) is 13.2 Å². The maximum absolute atomic E-state index is 13.1. The van der Waals surface area contributed by atoms with Crippen LogP contribution in [0, 0.1) is 12.7 Å². The van der Waals surface area contributed by atoms with Gasteiger partial charge >= 0.3 is 0 Å². The van der Waals surface area contributed by atoms with Gasteiger partial charge in [0.1, 0.15) is 18.2 Å². The summed E-state index contributed by atoms with van der Waals surface area (Å²) >= 11 is 3.18. The molecule has 2 aromatic carbocycles. The number of benzene rings is 2. The SMILES string of the molecule is Cc1cccc(OCCNCc2ccc(F)c(Br)c2)c1. The molecule has 106 valence electrons. The highest BCUT2D eigenvalue weighted by Crippen LogP contribution is 2.16. The van der Waals surface area contributed by atoms with E-state index in [1.807, 2.05) is 31.2 Å². The van der Waals surface area contributed by atoms with E-state index in [2.05, 4.69) is 21.2 Å². The van der Waals surface area contributed by atoms with Crippen molar-refractivity contribution in [3.8, 4) is 5.75 Å². The number of ether oxygens (including phenoxy) is 1. The Bertz CT molecular complexity index is 574. The number of hydrogen-bond donors (Lipinski definition) is 1. The topological polar surface area (TPSA) is 21.3 Å². The van der Waals surface area contributed by atoms with E-state index in [4.69, 9.17) is 4.74 Å². The molecule has 0 amide bonds. The van der Waals surface area contributed by atoms with Crippen LogP contribution in [0.1, 0.15) is 11.1 Å². The molecule has 2 rings (SSSR count). The quantitative estimate of drug-likeness (QED) is 0.802. The van der Waals surface area contributed by atoms with Crippen molar-refractivity contribution in [1.82, 2.24) is 5.32 Å². The van der Waals surface area contributed by atoms with Gasteiger partial charge in [0.05, 0.1) is 4.47 Å². The molecular weight excluding hydrogens is 321 g/mol. The molecule has 0 aromatic heterocycles. The van der Waals surface area contributed by atoms with Crippen molar-refractivity contribution in [2.24, 2.45) is 0 Å². The van der Waals surface area contributed by atoms with Crippen LogP contribution in [0.3, 0.4) is 0 Å². The van der Waals surface area contributed by atoms with Crippen molar-refractivity contribution in [2.45, 2.75) is 13.5 Å². The Hall–Kier alpha value is -1.39. The molecule has 0 spiro atoms. The van der Waals surface area contributed by atoms with Crippen molar-refractivity contribution >= 4 is 15.9 Å². The monoisotopic (exact) mass is 337 g/mol. The van der Waals surface area contributed by atoms with Gasteiger partial charge in [-0.05, 0) is 58.2 Å². The molecule has 0 radical (unpaired) electrons. The van der Waals surface area contributed by atoms with Crippen LogP contribution in [-0.4, -0.2) is 13.2 Å². The Kier molecular flexibility index (Phi) is 5.56. The first-order valence-corrected chi connectivity index (χ1v) is 7.28. The Labute approximate surface area is 127 Å². The molecule has 0 heterocycles. The predicted octanol–water partition coefficient (Wildman–Crippen LogP) is 4.07. The summed E-state index contributed by atoms with van der Waals surface area (Å²) in [5.41, 5.74) is 2.22. The lowest BCUT2D eigenvalue weighted by Crippen LogP contribution is -2.20. The third kappa shape index (κ3) is 4.62. The Morgan fingerprint density at radius 1 is 1.20 bits per heavy atom. The highest BCUT2D eigenvalue weighted by atomic mass is 79.9. The fraction of sp³-hybridized carbons (Fsp3) is 0.250. The number of halogens is 2.